The number of hydrogen-bond acceptors (Lipinski definition) is 3. The summed E-state index contributed by atoms with van der Waals surface area (Å²) in [7, 11) is 0. The second-order valence-electron chi connectivity index (χ2n) is 6.32. The van der Waals surface area contributed by atoms with Crippen LogP contribution in [0.1, 0.15) is 39.7 Å². The molecular weight excluding hydrogens is 392 g/mol. The summed E-state index contributed by atoms with van der Waals surface area (Å²) in [6.45, 7) is 2.05. The van der Waals surface area contributed by atoms with Crippen LogP contribution in [0, 0.1) is 6.92 Å². The van der Waals surface area contributed by atoms with E-state index < -0.39 is 0 Å². The number of aryl methyl sites for hydroxylation is 1. The van der Waals surface area contributed by atoms with E-state index in [9.17, 15) is 4.79 Å². The van der Waals surface area contributed by atoms with Gasteiger partial charge in [0.15, 0.2) is 0 Å². The molecule has 1 atom stereocenters. The van der Waals surface area contributed by atoms with Gasteiger partial charge in [-0.05, 0) is 42.8 Å². The maximum Gasteiger partial charge on any atom is 0.274 e. The zero-order chi connectivity index (χ0) is 18.1. The fraction of sp³-hybridized carbons (Fsp3) is 0.143. The average Bonchev–Trinajstić information content (AvgIpc) is 3.30. The molecule has 2 heterocycles. The van der Waals surface area contributed by atoms with Crippen molar-refractivity contribution in [3.05, 3.63) is 93.9 Å². The van der Waals surface area contributed by atoms with Crippen molar-refractivity contribution in [1.29, 1.82) is 0 Å². The van der Waals surface area contributed by atoms with E-state index in [1.54, 1.807) is 17.3 Å². The van der Waals surface area contributed by atoms with Gasteiger partial charge in [0.1, 0.15) is 11.5 Å². The Bertz CT molecular complexity index is 979. The molecule has 0 saturated carbocycles. The summed E-state index contributed by atoms with van der Waals surface area (Å²) in [6.07, 6.45) is 2.25. The number of benzene rings is 2. The average molecular weight is 409 g/mol. The molecule has 0 radical (unpaired) electrons. The molecule has 1 aliphatic rings. The van der Waals surface area contributed by atoms with E-state index >= 15 is 0 Å². The molecule has 4 rings (SSSR count). The first-order valence-electron chi connectivity index (χ1n) is 8.39. The SMILES string of the molecule is Cc1cccc([C@@H]2CC(c3ccco3)=NN2C(=O)c2cccc(Br)c2)c1. The van der Waals surface area contributed by atoms with Crippen LogP contribution in [0.4, 0.5) is 0 Å². The minimum Gasteiger partial charge on any atom is -0.463 e. The molecule has 3 aromatic rings. The van der Waals surface area contributed by atoms with Gasteiger partial charge in [0, 0.05) is 16.5 Å². The molecule has 130 valence electrons. The van der Waals surface area contributed by atoms with Gasteiger partial charge in [-0.2, -0.15) is 5.10 Å². The largest absolute Gasteiger partial charge is 0.463 e. The zero-order valence-electron chi connectivity index (χ0n) is 14.2. The topological polar surface area (TPSA) is 45.8 Å². The Kier molecular flexibility index (Phi) is 4.47. The van der Waals surface area contributed by atoms with Crippen molar-refractivity contribution < 1.29 is 9.21 Å². The normalized spacial score (nSPS) is 16.6. The first-order chi connectivity index (χ1) is 12.6. The van der Waals surface area contributed by atoms with Gasteiger partial charge in [0.05, 0.1) is 12.3 Å². The van der Waals surface area contributed by atoms with Gasteiger partial charge in [-0.3, -0.25) is 4.79 Å². The van der Waals surface area contributed by atoms with Crippen LogP contribution in [-0.2, 0) is 0 Å². The van der Waals surface area contributed by atoms with Crippen LogP contribution in [-0.4, -0.2) is 16.6 Å². The third-order valence-electron chi connectivity index (χ3n) is 4.42. The molecule has 5 heteroatoms. The Morgan fingerprint density at radius 2 is 2.00 bits per heavy atom. The molecule has 0 fully saturated rings. The lowest BCUT2D eigenvalue weighted by Crippen LogP contribution is -2.27. The lowest BCUT2D eigenvalue weighted by molar-refractivity contribution is 0.0711. The van der Waals surface area contributed by atoms with Gasteiger partial charge in [-0.1, -0.05) is 51.8 Å². The summed E-state index contributed by atoms with van der Waals surface area (Å²) in [5, 5.41) is 6.19. The molecule has 1 aliphatic heterocycles. The van der Waals surface area contributed by atoms with Crippen LogP contribution in [0.3, 0.4) is 0 Å². The predicted molar refractivity (Wildman–Crippen MR) is 104 cm³/mol. The molecule has 2 aromatic carbocycles. The number of furan rings is 1. The Morgan fingerprint density at radius 3 is 2.73 bits per heavy atom. The molecule has 26 heavy (non-hydrogen) atoms. The van der Waals surface area contributed by atoms with E-state index in [2.05, 4.69) is 27.1 Å². The standard InChI is InChI=1S/C21H17BrN2O2/c1-14-5-2-6-15(11-14)19-13-18(20-9-4-10-26-20)23-24(19)21(25)16-7-3-8-17(22)12-16/h2-12,19H,13H2,1H3/t19-/m0/s1. The first kappa shape index (κ1) is 16.8. The van der Waals surface area contributed by atoms with Crippen LogP contribution < -0.4 is 0 Å². The van der Waals surface area contributed by atoms with Crippen molar-refractivity contribution in [2.75, 3.05) is 0 Å². The summed E-state index contributed by atoms with van der Waals surface area (Å²) in [6, 6.07) is 19.1. The second kappa shape index (κ2) is 6.92. The Hall–Kier alpha value is -2.66. The van der Waals surface area contributed by atoms with E-state index in [-0.39, 0.29) is 11.9 Å². The van der Waals surface area contributed by atoms with Crippen molar-refractivity contribution in [2.24, 2.45) is 5.10 Å². The first-order valence-corrected chi connectivity index (χ1v) is 9.18. The number of amides is 1. The van der Waals surface area contributed by atoms with Crippen LogP contribution in [0.2, 0.25) is 0 Å². The smallest absolute Gasteiger partial charge is 0.274 e. The van der Waals surface area contributed by atoms with Gasteiger partial charge in [0.2, 0.25) is 0 Å². The Balaban J connectivity index is 1.74. The molecule has 4 nitrogen and oxygen atoms in total. The van der Waals surface area contributed by atoms with E-state index in [4.69, 9.17) is 4.42 Å². The fourth-order valence-corrected chi connectivity index (χ4v) is 3.58. The molecular formula is C21H17BrN2O2. The van der Waals surface area contributed by atoms with E-state index in [0.29, 0.717) is 17.7 Å². The van der Waals surface area contributed by atoms with Gasteiger partial charge in [0.25, 0.3) is 5.91 Å². The maximum absolute atomic E-state index is 13.2. The highest BCUT2D eigenvalue weighted by Gasteiger charge is 2.34. The zero-order valence-corrected chi connectivity index (χ0v) is 15.8. The van der Waals surface area contributed by atoms with Crippen LogP contribution in [0.15, 0.2) is 80.9 Å². The number of nitrogens with zero attached hydrogens (tertiary/aromatic N) is 2. The summed E-state index contributed by atoms with van der Waals surface area (Å²) >= 11 is 3.43. The van der Waals surface area contributed by atoms with Gasteiger partial charge in [-0.15, -0.1) is 0 Å². The Morgan fingerprint density at radius 1 is 1.15 bits per heavy atom. The summed E-state index contributed by atoms with van der Waals surface area (Å²) in [4.78, 5) is 13.2. The summed E-state index contributed by atoms with van der Waals surface area (Å²) in [5.41, 5.74) is 3.61. The van der Waals surface area contributed by atoms with Gasteiger partial charge in [-0.25, -0.2) is 5.01 Å². The molecule has 0 bridgehead atoms. The highest BCUT2D eigenvalue weighted by molar-refractivity contribution is 9.10. The molecule has 0 unspecified atom stereocenters. The summed E-state index contributed by atoms with van der Waals surface area (Å²) < 4.78 is 6.37. The van der Waals surface area contributed by atoms with Crippen LogP contribution in [0.5, 0.6) is 0 Å². The van der Waals surface area contributed by atoms with Crippen molar-refractivity contribution in [2.45, 2.75) is 19.4 Å². The minimum atomic E-state index is -0.151. The highest BCUT2D eigenvalue weighted by atomic mass is 79.9. The minimum absolute atomic E-state index is 0.126. The van der Waals surface area contributed by atoms with Crippen LogP contribution >= 0.6 is 15.9 Å². The predicted octanol–water partition coefficient (Wildman–Crippen LogP) is 5.34. The number of halogens is 1. The molecule has 0 spiro atoms. The number of carbonyl (C=O) groups excluding carboxylic acids is 1. The van der Waals surface area contributed by atoms with E-state index in [0.717, 1.165) is 21.3 Å². The third kappa shape index (κ3) is 3.22. The molecule has 0 saturated heterocycles. The highest BCUT2D eigenvalue weighted by Crippen LogP contribution is 2.34. The molecule has 0 N–H and O–H groups in total. The Labute approximate surface area is 160 Å². The number of carbonyl (C=O) groups is 1. The molecule has 1 aromatic heterocycles. The van der Waals surface area contributed by atoms with Crippen molar-refractivity contribution in [3.8, 4) is 0 Å². The lowest BCUT2D eigenvalue weighted by atomic mass is 9.99. The van der Waals surface area contributed by atoms with Gasteiger partial charge >= 0.3 is 0 Å². The third-order valence-corrected chi connectivity index (χ3v) is 4.92. The lowest BCUT2D eigenvalue weighted by Gasteiger charge is -2.22. The van der Waals surface area contributed by atoms with E-state index in [1.807, 2.05) is 55.5 Å². The number of hydrogen-bond donors (Lipinski definition) is 0. The monoisotopic (exact) mass is 408 g/mol. The quantitative estimate of drug-likeness (QED) is 0.586. The van der Waals surface area contributed by atoms with Gasteiger partial charge < -0.3 is 4.42 Å². The number of rotatable bonds is 3. The van der Waals surface area contributed by atoms with E-state index in [1.165, 1.54) is 0 Å². The maximum atomic E-state index is 13.2. The summed E-state index contributed by atoms with van der Waals surface area (Å²) in [5.74, 6) is 0.576. The van der Waals surface area contributed by atoms with Crippen molar-refractivity contribution >= 4 is 27.5 Å². The molecule has 0 aliphatic carbocycles. The number of hydrazone groups is 1. The van der Waals surface area contributed by atoms with Crippen molar-refractivity contribution in [1.82, 2.24) is 5.01 Å². The van der Waals surface area contributed by atoms with Crippen LogP contribution in [0.25, 0.3) is 0 Å². The second-order valence-corrected chi connectivity index (χ2v) is 7.23. The van der Waals surface area contributed by atoms with Crippen molar-refractivity contribution in [3.63, 3.8) is 0 Å². The fourth-order valence-electron chi connectivity index (χ4n) is 3.18. The molecule has 1 amide bonds.